The summed E-state index contributed by atoms with van der Waals surface area (Å²) in [7, 11) is 1.53. The monoisotopic (exact) mass is 459 g/mol. The topological polar surface area (TPSA) is 104 Å². The van der Waals surface area contributed by atoms with E-state index in [0.29, 0.717) is 33.7 Å². The van der Waals surface area contributed by atoms with Crippen molar-refractivity contribution in [3.05, 3.63) is 101 Å². The molecule has 0 aliphatic heterocycles. The molecule has 1 N–H and O–H groups in total. The van der Waals surface area contributed by atoms with Crippen LogP contribution in [0.2, 0.25) is 0 Å². The first kappa shape index (κ1) is 22.6. The van der Waals surface area contributed by atoms with Crippen LogP contribution in [0.25, 0.3) is 11.0 Å². The summed E-state index contributed by atoms with van der Waals surface area (Å²) in [5.74, 6) is -0.383. The lowest BCUT2D eigenvalue weighted by molar-refractivity contribution is -0.156. The average molecular weight is 459 g/mol. The van der Waals surface area contributed by atoms with E-state index in [-0.39, 0.29) is 0 Å². The molecule has 0 saturated heterocycles. The van der Waals surface area contributed by atoms with Crippen LogP contribution in [-0.2, 0) is 14.3 Å². The molecule has 0 aliphatic carbocycles. The van der Waals surface area contributed by atoms with E-state index in [1.165, 1.54) is 19.2 Å². The fourth-order valence-electron chi connectivity index (χ4n) is 3.25. The van der Waals surface area contributed by atoms with E-state index in [0.717, 1.165) is 0 Å². The number of ether oxygens (including phenoxy) is 3. The van der Waals surface area contributed by atoms with Crippen LogP contribution < -0.4 is 20.4 Å². The second-order valence-electron chi connectivity index (χ2n) is 7.24. The van der Waals surface area contributed by atoms with E-state index >= 15 is 0 Å². The highest BCUT2D eigenvalue weighted by Gasteiger charge is 2.25. The zero-order chi connectivity index (χ0) is 23.9. The van der Waals surface area contributed by atoms with Gasteiger partial charge in [-0.15, -0.1) is 0 Å². The first-order valence-electron chi connectivity index (χ1n) is 10.4. The van der Waals surface area contributed by atoms with Crippen molar-refractivity contribution in [2.45, 2.75) is 6.10 Å². The number of hydrogen-bond acceptors (Lipinski definition) is 7. The van der Waals surface area contributed by atoms with Crippen LogP contribution in [0.5, 0.6) is 11.5 Å². The maximum Gasteiger partial charge on any atom is 0.345 e. The molecule has 1 heterocycles. The Morgan fingerprint density at radius 3 is 2.50 bits per heavy atom. The number of rotatable bonds is 8. The quantitative estimate of drug-likeness (QED) is 0.312. The van der Waals surface area contributed by atoms with Crippen molar-refractivity contribution in [1.82, 2.24) is 0 Å². The zero-order valence-electron chi connectivity index (χ0n) is 18.2. The van der Waals surface area contributed by atoms with Gasteiger partial charge in [-0.1, -0.05) is 36.4 Å². The molecule has 1 unspecified atom stereocenters. The first-order chi connectivity index (χ1) is 16.5. The SMILES string of the molecule is COc1cccc(NC(=O)C(OC(=O)COc2ccc3ccc(=O)oc3c2)c2ccccc2)c1. The molecule has 1 amide bonds. The lowest BCUT2D eigenvalue weighted by atomic mass is 10.1. The molecular formula is C26H21NO7. The predicted octanol–water partition coefficient (Wildman–Crippen LogP) is 4.10. The maximum atomic E-state index is 13.0. The van der Waals surface area contributed by atoms with Crippen molar-refractivity contribution in [1.29, 1.82) is 0 Å². The molecule has 1 aromatic heterocycles. The molecule has 4 aromatic rings. The number of hydrogen-bond donors (Lipinski definition) is 1. The summed E-state index contributed by atoms with van der Waals surface area (Å²) in [6.45, 7) is -0.446. The van der Waals surface area contributed by atoms with Crippen molar-refractivity contribution in [3.63, 3.8) is 0 Å². The summed E-state index contributed by atoms with van der Waals surface area (Å²) in [4.78, 5) is 37.0. The van der Waals surface area contributed by atoms with Crippen molar-refractivity contribution in [3.8, 4) is 11.5 Å². The van der Waals surface area contributed by atoms with Crippen LogP contribution in [0.3, 0.4) is 0 Å². The average Bonchev–Trinajstić information content (AvgIpc) is 2.86. The number of esters is 1. The van der Waals surface area contributed by atoms with Gasteiger partial charge in [-0.25, -0.2) is 9.59 Å². The van der Waals surface area contributed by atoms with Gasteiger partial charge in [0.1, 0.15) is 17.1 Å². The number of amides is 1. The summed E-state index contributed by atoms with van der Waals surface area (Å²) in [6.07, 6.45) is -1.20. The summed E-state index contributed by atoms with van der Waals surface area (Å²) in [6, 6.07) is 23.3. The molecular weight excluding hydrogens is 438 g/mol. The van der Waals surface area contributed by atoms with Crippen LogP contribution in [0.4, 0.5) is 5.69 Å². The van der Waals surface area contributed by atoms with Crippen molar-refractivity contribution in [2.75, 3.05) is 19.0 Å². The molecule has 8 heteroatoms. The number of carbonyl (C=O) groups excluding carboxylic acids is 2. The summed E-state index contributed by atoms with van der Waals surface area (Å²) in [5.41, 5.74) is 0.842. The highest BCUT2D eigenvalue weighted by molar-refractivity contribution is 5.96. The van der Waals surface area contributed by atoms with Gasteiger partial charge in [0.05, 0.1) is 7.11 Å². The van der Waals surface area contributed by atoms with Gasteiger partial charge in [-0.2, -0.15) is 0 Å². The number of nitrogens with one attached hydrogen (secondary N) is 1. The minimum absolute atomic E-state index is 0.316. The summed E-state index contributed by atoms with van der Waals surface area (Å²) in [5, 5.41) is 3.46. The molecule has 0 bridgehead atoms. The minimum atomic E-state index is -1.20. The largest absolute Gasteiger partial charge is 0.497 e. The lowest BCUT2D eigenvalue weighted by Gasteiger charge is -2.18. The van der Waals surface area contributed by atoms with Gasteiger partial charge in [-0.3, -0.25) is 4.79 Å². The second kappa shape index (κ2) is 10.4. The summed E-state index contributed by atoms with van der Waals surface area (Å²) < 4.78 is 21.3. The Labute approximate surface area is 194 Å². The molecule has 0 saturated carbocycles. The number of fused-ring (bicyclic) bond motifs is 1. The van der Waals surface area contributed by atoms with E-state index in [2.05, 4.69) is 5.32 Å². The van der Waals surface area contributed by atoms with E-state index in [9.17, 15) is 14.4 Å². The Hall–Kier alpha value is -4.59. The van der Waals surface area contributed by atoms with Gasteiger partial charge >= 0.3 is 11.6 Å². The second-order valence-corrected chi connectivity index (χ2v) is 7.24. The molecule has 8 nitrogen and oxygen atoms in total. The molecule has 172 valence electrons. The Bertz CT molecular complexity index is 1360. The highest BCUT2D eigenvalue weighted by atomic mass is 16.6. The van der Waals surface area contributed by atoms with E-state index in [1.807, 2.05) is 0 Å². The molecule has 3 aromatic carbocycles. The number of anilines is 1. The first-order valence-corrected chi connectivity index (χ1v) is 10.4. The van der Waals surface area contributed by atoms with Gasteiger partial charge < -0.3 is 23.9 Å². The Balaban J connectivity index is 1.46. The molecule has 0 fully saturated rings. The van der Waals surface area contributed by atoms with Crippen molar-refractivity contribution in [2.24, 2.45) is 0 Å². The lowest BCUT2D eigenvalue weighted by Crippen LogP contribution is -2.28. The molecule has 4 rings (SSSR count). The number of methoxy groups -OCH3 is 1. The van der Waals surface area contributed by atoms with Crippen LogP contribution in [0.15, 0.2) is 94.1 Å². The van der Waals surface area contributed by atoms with E-state index < -0.39 is 30.2 Å². The van der Waals surface area contributed by atoms with Crippen LogP contribution in [0, 0.1) is 0 Å². The number of benzene rings is 3. The standard InChI is InChI=1S/C26H21NO7/c1-31-20-9-5-8-19(14-20)27-26(30)25(18-6-3-2-4-7-18)34-24(29)16-32-21-12-10-17-11-13-23(28)33-22(17)15-21/h2-15,25H,16H2,1H3,(H,27,30). The molecule has 0 aliphatic rings. The Morgan fingerprint density at radius 1 is 0.912 bits per heavy atom. The third-order valence-electron chi connectivity index (χ3n) is 4.88. The van der Waals surface area contributed by atoms with Gasteiger partial charge in [0.25, 0.3) is 5.91 Å². The maximum absolute atomic E-state index is 13.0. The summed E-state index contributed by atoms with van der Waals surface area (Å²) >= 11 is 0. The minimum Gasteiger partial charge on any atom is -0.497 e. The smallest absolute Gasteiger partial charge is 0.345 e. The third-order valence-corrected chi connectivity index (χ3v) is 4.88. The van der Waals surface area contributed by atoms with E-state index in [1.54, 1.807) is 72.8 Å². The predicted molar refractivity (Wildman–Crippen MR) is 125 cm³/mol. The van der Waals surface area contributed by atoms with Gasteiger partial charge in [0.2, 0.25) is 6.10 Å². The van der Waals surface area contributed by atoms with Crippen molar-refractivity contribution < 1.29 is 28.2 Å². The van der Waals surface area contributed by atoms with Crippen LogP contribution in [-0.4, -0.2) is 25.6 Å². The fraction of sp³-hybridized carbons (Fsp3) is 0.115. The number of carbonyl (C=O) groups is 2. The van der Waals surface area contributed by atoms with Crippen molar-refractivity contribution >= 4 is 28.5 Å². The van der Waals surface area contributed by atoms with Gasteiger partial charge in [-0.05, 0) is 30.3 Å². The molecule has 0 spiro atoms. The molecule has 1 atom stereocenters. The molecule has 34 heavy (non-hydrogen) atoms. The van der Waals surface area contributed by atoms with Gasteiger partial charge in [0.15, 0.2) is 6.61 Å². The van der Waals surface area contributed by atoms with Crippen LogP contribution >= 0.6 is 0 Å². The van der Waals surface area contributed by atoms with E-state index in [4.69, 9.17) is 18.6 Å². The Kier molecular flexibility index (Phi) is 6.88. The van der Waals surface area contributed by atoms with Crippen LogP contribution in [0.1, 0.15) is 11.7 Å². The normalized spacial score (nSPS) is 11.4. The fourth-order valence-corrected chi connectivity index (χ4v) is 3.25. The molecule has 0 radical (unpaired) electrons. The zero-order valence-corrected chi connectivity index (χ0v) is 18.2. The highest BCUT2D eigenvalue weighted by Crippen LogP contribution is 2.23. The third kappa shape index (κ3) is 5.60. The Morgan fingerprint density at radius 2 is 1.71 bits per heavy atom. The van der Waals surface area contributed by atoms with Gasteiger partial charge in [0, 0.05) is 34.8 Å².